The fourth-order valence-corrected chi connectivity index (χ4v) is 5.01. The van der Waals surface area contributed by atoms with Gasteiger partial charge in [-0.2, -0.15) is 0 Å². The van der Waals surface area contributed by atoms with E-state index in [1.165, 1.54) is 10.4 Å². The zero-order valence-corrected chi connectivity index (χ0v) is 15.5. The lowest BCUT2D eigenvalue weighted by atomic mass is 9.89. The lowest BCUT2D eigenvalue weighted by Gasteiger charge is -2.17. The third-order valence-corrected chi connectivity index (χ3v) is 6.25. The second-order valence-corrected chi connectivity index (χ2v) is 8.21. The summed E-state index contributed by atoms with van der Waals surface area (Å²) in [6.45, 7) is 5.27. The molecule has 25 heavy (non-hydrogen) atoms. The molecule has 0 spiro atoms. The van der Waals surface area contributed by atoms with E-state index in [-0.39, 0.29) is 11.6 Å². The Hall–Kier alpha value is -1.92. The van der Waals surface area contributed by atoms with Gasteiger partial charge in [0, 0.05) is 4.88 Å². The molecule has 1 aliphatic carbocycles. The minimum atomic E-state index is 0.0262. The Kier molecular flexibility index (Phi) is 4.48. The molecule has 0 bridgehead atoms. The molecule has 3 heterocycles. The Labute approximate surface area is 150 Å². The molecule has 0 aromatic carbocycles. The van der Waals surface area contributed by atoms with Crippen LogP contribution >= 0.6 is 11.3 Å². The van der Waals surface area contributed by atoms with E-state index in [4.69, 9.17) is 9.40 Å². The molecule has 3 aromatic heterocycles. The SMILES string of the molecule is C[C@@H]1CCc2c(sc3nc([C@H](C)[NH2+]CCc4ccco4)[nH]c(=O)c23)C1. The van der Waals surface area contributed by atoms with Crippen molar-refractivity contribution >= 4 is 21.6 Å². The smallest absolute Gasteiger partial charge is 0.260 e. The molecule has 0 saturated carbocycles. The van der Waals surface area contributed by atoms with E-state index in [2.05, 4.69) is 24.1 Å². The average Bonchev–Trinajstić information content (AvgIpc) is 3.21. The molecule has 132 valence electrons. The fraction of sp³-hybridized carbons (Fsp3) is 0.474. The molecule has 0 unspecified atom stereocenters. The largest absolute Gasteiger partial charge is 0.469 e. The molecular formula is C19H24N3O2S+. The highest BCUT2D eigenvalue weighted by molar-refractivity contribution is 7.18. The highest BCUT2D eigenvalue weighted by Crippen LogP contribution is 2.35. The Morgan fingerprint density at radius 2 is 2.40 bits per heavy atom. The molecule has 5 nitrogen and oxygen atoms in total. The Morgan fingerprint density at radius 1 is 1.52 bits per heavy atom. The summed E-state index contributed by atoms with van der Waals surface area (Å²) >= 11 is 1.71. The van der Waals surface area contributed by atoms with Crippen molar-refractivity contribution in [3.05, 3.63) is 50.8 Å². The van der Waals surface area contributed by atoms with E-state index in [9.17, 15) is 4.79 Å². The van der Waals surface area contributed by atoms with Gasteiger partial charge in [-0.05, 0) is 49.8 Å². The molecule has 1 aliphatic rings. The van der Waals surface area contributed by atoms with Crippen molar-refractivity contribution in [2.24, 2.45) is 5.92 Å². The van der Waals surface area contributed by atoms with E-state index in [1.54, 1.807) is 17.6 Å². The number of H-pyrrole nitrogens is 1. The second-order valence-electron chi connectivity index (χ2n) is 7.13. The van der Waals surface area contributed by atoms with Gasteiger partial charge in [-0.25, -0.2) is 4.98 Å². The van der Waals surface area contributed by atoms with Gasteiger partial charge in [0.05, 0.1) is 24.6 Å². The van der Waals surface area contributed by atoms with Crippen molar-refractivity contribution in [2.75, 3.05) is 6.54 Å². The molecule has 3 aromatic rings. The number of nitrogens with one attached hydrogen (secondary N) is 1. The molecule has 0 saturated heterocycles. The van der Waals surface area contributed by atoms with Crippen molar-refractivity contribution in [3.63, 3.8) is 0 Å². The van der Waals surface area contributed by atoms with E-state index < -0.39 is 0 Å². The molecule has 3 N–H and O–H groups in total. The normalized spacial score (nSPS) is 18.4. The van der Waals surface area contributed by atoms with Gasteiger partial charge < -0.3 is 14.7 Å². The monoisotopic (exact) mass is 358 g/mol. The van der Waals surface area contributed by atoms with Gasteiger partial charge in [0.1, 0.15) is 16.6 Å². The van der Waals surface area contributed by atoms with Crippen molar-refractivity contribution in [2.45, 2.75) is 45.6 Å². The Balaban J connectivity index is 1.55. The van der Waals surface area contributed by atoms with Crippen LogP contribution in [0.25, 0.3) is 10.2 Å². The van der Waals surface area contributed by atoms with Crippen LogP contribution in [-0.4, -0.2) is 16.5 Å². The van der Waals surface area contributed by atoms with Gasteiger partial charge in [-0.15, -0.1) is 11.3 Å². The van der Waals surface area contributed by atoms with Crippen molar-refractivity contribution in [1.29, 1.82) is 0 Å². The van der Waals surface area contributed by atoms with Crippen LogP contribution in [0.15, 0.2) is 27.6 Å². The summed E-state index contributed by atoms with van der Waals surface area (Å²) in [5, 5.41) is 3.03. The minimum Gasteiger partial charge on any atom is -0.469 e. The third kappa shape index (κ3) is 3.28. The number of quaternary nitrogens is 1. The first-order valence-electron chi connectivity index (χ1n) is 9.02. The predicted octanol–water partition coefficient (Wildman–Crippen LogP) is 2.57. The Morgan fingerprint density at radius 3 is 3.20 bits per heavy atom. The first-order chi connectivity index (χ1) is 12.1. The summed E-state index contributed by atoms with van der Waals surface area (Å²) in [5.41, 5.74) is 1.27. The number of aromatic amines is 1. The Bertz CT molecular complexity index is 926. The van der Waals surface area contributed by atoms with Gasteiger partial charge in [0.25, 0.3) is 5.56 Å². The number of furan rings is 1. The number of aryl methyl sites for hydroxylation is 1. The quantitative estimate of drug-likeness (QED) is 0.736. The molecule has 0 fully saturated rings. The number of fused-ring (bicyclic) bond motifs is 3. The van der Waals surface area contributed by atoms with Gasteiger partial charge in [0.15, 0.2) is 5.82 Å². The maximum absolute atomic E-state index is 12.7. The summed E-state index contributed by atoms with van der Waals surface area (Å²) < 4.78 is 5.36. The van der Waals surface area contributed by atoms with Crippen molar-refractivity contribution < 1.29 is 9.73 Å². The molecule has 0 aliphatic heterocycles. The lowest BCUT2D eigenvalue weighted by Crippen LogP contribution is -2.85. The molecule has 4 rings (SSSR count). The number of aromatic nitrogens is 2. The van der Waals surface area contributed by atoms with Crippen LogP contribution in [0.1, 0.15) is 48.3 Å². The number of thiophene rings is 1. The fourth-order valence-electron chi connectivity index (χ4n) is 3.62. The summed E-state index contributed by atoms with van der Waals surface area (Å²) in [5.74, 6) is 2.46. The standard InChI is InChI=1S/C19H23N3O2S/c1-11-5-6-14-15(10-11)25-19-16(14)18(23)21-17(22-19)12(2)20-8-7-13-4-3-9-24-13/h3-4,9,11-12,20H,5-8,10H2,1-2H3,(H,21,22,23)/p+1/t11-,12+/m1/s1. The van der Waals surface area contributed by atoms with Gasteiger partial charge in [-0.3, -0.25) is 4.79 Å². The summed E-state index contributed by atoms with van der Waals surface area (Å²) in [7, 11) is 0. The van der Waals surface area contributed by atoms with Gasteiger partial charge in [-0.1, -0.05) is 6.92 Å². The lowest BCUT2D eigenvalue weighted by molar-refractivity contribution is -0.693. The van der Waals surface area contributed by atoms with Crippen molar-refractivity contribution in [1.82, 2.24) is 9.97 Å². The number of hydrogen-bond acceptors (Lipinski definition) is 4. The number of nitrogens with zero attached hydrogens (tertiary/aromatic N) is 1. The highest BCUT2D eigenvalue weighted by Gasteiger charge is 2.24. The van der Waals surface area contributed by atoms with Crippen LogP contribution in [0.3, 0.4) is 0 Å². The summed E-state index contributed by atoms with van der Waals surface area (Å²) in [6, 6.07) is 4.01. The average molecular weight is 358 g/mol. The van der Waals surface area contributed by atoms with Crippen LogP contribution in [0.2, 0.25) is 0 Å². The molecule has 0 radical (unpaired) electrons. The van der Waals surface area contributed by atoms with Gasteiger partial charge >= 0.3 is 0 Å². The number of nitrogens with two attached hydrogens (primary N) is 1. The van der Waals surface area contributed by atoms with E-state index in [0.29, 0.717) is 5.92 Å². The van der Waals surface area contributed by atoms with Crippen LogP contribution in [0.5, 0.6) is 0 Å². The van der Waals surface area contributed by atoms with E-state index >= 15 is 0 Å². The molecular weight excluding hydrogens is 334 g/mol. The third-order valence-electron chi connectivity index (χ3n) is 5.11. The molecule has 0 amide bonds. The highest BCUT2D eigenvalue weighted by atomic mass is 32.1. The minimum absolute atomic E-state index is 0.0262. The van der Waals surface area contributed by atoms with Crippen molar-refractivity contribution in [3.8, 4) is 0 Å². The number of rotatable bonds is 5. The maximum Gasteiger partial charge on any atom is 0.260 e. The zero-order valence-electron chi connectivity index (χ0n) is 14.7. The van der Waals surface area contributed by atoms with Crippen LogP contribution < -0.4 is 10.9 Å². The van der Waals surface area contributed by atoms with Crippen LogP contribution in [0.4, 0.5) is 0 Å². The summed E-state index contributed by atoms with van der Waals surface area (Å²) in [4.78, 5) is 22.7. The molecule has 2 atom stereocenters. The second kappa shape index (κ2) is 6.77. The maximum atomic E-state index is 12.7. The van der Waals surface area contributed by atoms with E-state index in [0.717, 1.165) is 54.0 Å². The topological polar surface area (TPSA) is 75.5 Å². The van der Waals surface area contributed by atoms with Crippen LogP contribution in [0, 0.1) is 5.92 Å². The first-order valence-corrected chi connectivity index (χ1v) is 9.83. The van der Waals surface area contributed by atoms with Gasteiger partial charge in [0.2, 0.25) is 0 Å². The van der Waals surface area contributed by atoms with E-state index in [1.807, 2.05) is 12.1 Å². The molecule has 6 heteroatoms. The predicted molar refractivity (Wildman–Crippen MR) is 99.0 cm³/mol. The number of hydrogen-bond donors (Lipinski definition) is 2. The first kappa shape index (κ1) is 16.5. The summed E-state index contributed by atoms with van der Waals surface area (Å²) in [6.07, 6.45) is 5.82. The zero-order chi connectivity index (χ0) is 17.4. The van der Waals surface area contributed by atoms with Crippen LogP contribution in [-0.2, 0) is 19.3 Å².